The minimum Gasteiger partial charge on any atom is -0.325 e. The van der Waals surface area contributed by atoms with Crippen LogP contribution in [-0.4, -0.2) is 44.8 Å². The topological polar surface area (TPSA) is 40.6 Å². The molecule has 0 bridgehead atoms. The minimum atomic E-state index is -0.398. The average molecular weight is 429 g/mol. The van der Waals surface area contributed by atoms with Crippen LogP contribution in [0.5, 0.6) is 0 Å². The molecule has 0 N–H and O–H groups in total. The first-order valence-electron chi connectivity index (χ1n) is 11.2. The van der Waals surface area contributed by atoms with Crippen LogP contribution in [0.25, 0.3) is 11.1 Å². The first kappa shape index (κ1) is 22.1. The maximum absolute atomic E-state index is 13.6. The van der Waals surface area contributed by atoms with Crippen LogP contribution in [0, 0.1) is 0 Å². The van der Waals surface area contributed by atoms with Crippen molar-refractivity contribution < 1.29 is 9.59 Å². The Kier molecular flexibility index (Phi) is 5.36. The molecule has 0 spiro atoms. The number of carbonyl (C=O) groups excluding carboxylic acids is 2. The van der Waals surface area contributed by atoms with E-state index in [0.29, 0.717) is 11.1 Å². The molecule has 0 aromatic heterocycles. The summed E-state index contributed by atoms with van der Waals surface area (Å²) in [6.07, 6.45) is 4.12. The molecule has 4 heteroatoms. The van der Waals surface area contributed by atoms with E-state index in [2.05, 4.69) is 53.7 Å². The van der Waals surface area contributed by atoms with Crippen molar-refractivity contribution in [2.45, 2.75) is 64.7 Å². The van der Waals surface area contributed by atoms with Gasteiger partial charge in [-0.3, -0.25) is 9.59 Å². The van der Waals surface area contributed by atoms with E-state index in [9.17, 15) is 9.59 Å². The van der Waals surface area contributed by atoms with E-state index in [1.165, 1.54) is 0 Å². The number of rotatable bonds is 3. The Morgan fingerprint density at radius 3 is 1.16 bits per heavy atom. The number of nitrogens with zero attached hydrogens (tertiary/aromatic N) is 2. The van der Waals surface area contributed by atoms with Gasteiger partial charge in [-0.25, -0.2) is 0 Å². The van der Waals surface area contributed by atoms with Gasteiger partial charge in [-0.15, -0.1) is 0 Å². The molecule has 0 fully saturated rings. The molecule has 2 unspecified atom stereocenters. The van der Waals surface area contributed by atoms with Crippen molar-refractivity contribution in [3.8, 4) is 0 Å². The molecule has 0 radical (unpaired) electrons. The first-order valence-corrected chi connectivity index (χ1v) is 11.2. The van der Waals surface area contributed by atoms with E-state index in [1.54, 1.807) is 0 Å². The van der Waals surface area contributed by atoms with Crippen LogP contribution in [0.4, 0.5) is 0 Å². The van der Waals surface area contributed by atoms with Crippen LogP contribution in [-0.2, 0) is 9.59 Å². The van der Waals surface area contributed by atoms with E-state index in [-0.39, 0.29) is 23.9 Å². The second-order valence-corrected chi connectivity index (χ2v) is 10.6. The molecule has 2 aliphatic rings. The van der Waals surface area contributed by atoms with Gasteiger partial charge in [0.05, 0.1) is 12.1 Å². The lowest BCUT2D eigenvalue weighted by molar-refractivity contribution is -0.137. The normalized spacial score (nSPS) is 21.8. The molecule has 2 atom stereocenters. The molecule has 0 aliphatic carbocycles. The highest BCUT2D eigenvalue weighted by Crippen LogP contribution is 2.41. The van der Waals surface area contributed by atoms with E-state index in [4.69, 9.17) is 0 Å². The van der Waals surface area contributed by atoms with Crippen molar-refractivity contribution in [1.29, 1.82) is 0 Å². The summed E-state index contributed by atoms with van der Waals surface area (Å²) < 4.78 is 0. The predicted molar refractivity (Wildman–Crippen MR) is 130 cm³/mol. The zero-order valence-electron chi connectivity index (χ0n) is 19.8. The van der Waals surface area contributed by atoms with Gasteiger partial charge in [0.25, 0.3) is 11.8 Å². The molecule has 2 amide bonds. The Labute approximate surface area is 191 Å². The summed E-state index contributed by atoms with van der Waals surface area (Å²) in [5, 5.41) is 0. The number of hydrogen-bond acceptors (Lipinski definition) is 2. The van der Waals surface area contributed by atoms with Crippen molar-refractivity contribution in [2.24, 2.45) is 0 Å². The SMILES string of the molecule is CC(C)(C)N1C(=O)C(c2ccccc2)=CC1C1C=C(c2ccccc2)C(=O)N1C(C)(C)C. The van der Waals surface area contributed by atoms with Crippen molar-refractivity contribution in [3.05, 3.63) is 83.9 Å². The summed E-state index contributed by atoms with van der Waals surface area (Å²) in [5.41, 5.74) is 2.43. The highest BCUT2D eigenvalue weighted by atomic mass is 16.2. The maximum atomic E-state index is 13.6. The van der Waals surface area contributed by atoms with Crippen molar-refractivity contribution in [1.82, 2.24) is 9.80 Å². The van der Waals surface area contributed by atoms with Gasteiger partial charge in [0, 0.05) is 22.2 Å². The molecule has 166 valence electrons. The van der Waals surface area contributed by atoms with Crippen LogP contribution in [0.15, 0.2) is 72.8 Å². The third kappa shape index (κ3) is 3.79. The molecule has 4 rings (SSSR count). The second-order valence-electron chi connectivity index (χ2n) is 10.6. The Hall–Kier alpha value is -3.14. The fourth-order valence-corrected chi connectivity index (χ4v) is 4.84. The van der Waals surface area contributed by atoms with Crippen LogP contribution < -0.4 is 0 Å². The van der Waals surface area contributed by atoms with Crippen molar-refractivity contribution in [2.75, 3.05) is 0 Å². The van der Waals surface area contributed by atoms with E-state index >= 15 is 0 Å². The Balaban J connectivity index is 1.86. The van der Waals surface area contributed by atoms with Gasteiger partial charge >= 0.3 is 0 Å². The molecule has 0 saturated carbocycles. The predicted octanol–water partition coefficient (Wildman–Crippen LogP) is 5.17. The molecule has 32 heavy (non-hydrogen) atoms. The zero-order valence-corrected chi connectivity index (χ0v) is 19.8. The fourth-order valence-electron chi connectivity index (χ4n) is 4.84. The molecule has 2 heterocycles. The van der Waals surface area contributed by atoms with E-state index in [1.807, 2.05) is 70.5 Å². The van der Waals surface area contributed by atoms with Crippen LogP contribution >= 0.6 is 0 Å². The quantitative estimate of drug-likeness (QED) is 0.676. The second kappa shape index (κ2) is 7.77. The smallest absolute Gasteiger partial charge is 0.255 e. The standard InChI is InChI=1S/C28H32N2O2/c1-27(2,3)29-23(17-21(25(29)31)19-13-9-7-10-14-19)24-18-22(20-15-11-8-12-16-20)26(32)30(24)28(4,5)6/h7-18,23-24H,1-6H3. The van der Waals surface area contributed by atoms with Crippen molar-refractivity contribution in [3.63, 3.8) is 0 Å². The average Bonchev–Trinajstić information content (AvgIpc) is 3.26. The molecule has 0 saturated heterocycles. The first-order chi connectivity index (χ1) is 15.0. The van der Waals surface area contributed by atoms with Crippen LogP contribution in [0.2, 0.25) is 0 Å². The highest BCUT2D eigenvalue weighted by Gasteiger charge is 2.49. The minimum absolute atomic E-state index is 0.0107. The summed E-state index contributed by atoms with van der Waals surface area (Å²) in [5.74, 6) is 0.0214. The van der Waals surface area contributed by atoms with Crippen molar-refractivity contribution >= 4 is 23.0 Å². The van der Waals surface area contributed by atoms with Gasteiger partial charge in [0.2, 0.25) is 0 Å². The summed E-state index contributed by atoms with van der Waals surface area (Å²) >= 11 is 0. The summed E-state index contributed by atoms with van der Waals surface area (Å²) in [4.78, 5) is 31.2. The molecular formula is C28H32N2O2. The molecule has 2 aliphatic heterocycles. The number of benzene rings is 2. The fraction of sp³-hybridized carbons (Fsp3) is 0.357. The molecule has 4 nitrogen and oxygen atoms in total. The Bertz CT molecular complexity index is 996. The monoisotopic (exact) mass is 428 g/mol. The zero-order chi connectivity index (χ0) is 23.3. The lowest BCUT2D eigenvalue weighted by Gasteiger charge is -2.45. The molecule has 2 aromatic carbocycles. The molecule has 2 aromatic rings. The van der Waals surface area contributed by atoms with Gasteiger partial charge in [-0.05, 0) is 64.8 Å². The van der Waals surface area contributed by atoms with Gasteiger partial charge < -0.3 is 9.80 Å². The lowest BCUT2D eigenvalue weighted by atomic mass is 9.96. The number of carbonyl (C=O) groups is 2. The third-order valence-electron chi connectivity index (χ3n) is 6.13. The summed E-state index contributed by atoms with van der Waals surface area (Å²) in [7, 11) is 0. The van der Waals surface area contributed by atoms with Gasteiger partial charge in [-0.1, -0.05) is 60.7 Å². The summed E-state index contributed by atoms with van der Waals surface area (Å²) in [6.45, 7) is 12.3. The Morgan fingerprint density at radius 1 is 0.562 bits per heavy atom. The largest absolute Gasteiger partial charge is 0.325 e. The van der Waals surface area contributed by atoms with E-state index in [0.717, 1.165) is 11.1 Å². The van der Waals surface area contributed by atoms with Gasteiger partial charge in [-0.2, -0.15) is 0 Å². The lowest BCUT2D eigenvalue weighted by Crippen LogP contribution is -2.59. The summed E-state index contributed by atoms with van der Waals surface area (Å²) in [6, 6.07) is 19.1. The van der Waals surface area contributed by atoms with Gasteiger partial charge in [0.15, 0.2) is 0 Å². The molecular weight excluding hydrogens is 396 g/mol. The van der Waals surface area contributed by atoms with Crippen LogP contribution in [0.3, 0.4) is 0 Å². The van der Waals surface area contributed by atoms with Crippen LogP contribution in [0.1, 0.15) is 52.7 Å². The number of amides is 2. The maximum Gasteiger partial charge on any atom is 0.255 e. The van der Waals surface area contributed by atoms with Gasteiger partial charge in [0.1, 0.15) is 0 Å². The third-order valence-corrected chi connectivity index (χ3v) is 6.13. The number of hydrogen-bond donors (Lipinski definition) is 0. The van der Waals surface area contributed by atoms with E-state index < -0.39 is 11.1 Å². The Morgan fingerprint density at radius 2 is 0.875 bits per heavy atom. The highest BCUT2D eigenvalue weighted by molar-refractivity contribution is 6.24.